The van der Waals surface area contributed by atoms with E-state index in [9.17, 15) is 21.6 Å². The summed E-state index contributed by atoms with van der Waals surface area (Å²) in [5.74, 6) is 0. The van der Waals surface area contributed by atoms with Crippen molar-refractivity contribution in [3.8, 4) is 0 Å². The summed E-state index contributed by atoms with van der Waals surface area (Å²) in [6, 6.07) is -0.753. The number of thiazole rings is 1. The van der Waals surface area contributed by atoms with E-state index in [4.69, 9.17) is 4.74 Å². The molecule has 1 N–H and O–H groups in total. The van der Waals surface area contributed by atoms with Gasteiger partial charge in [-0.25, -0.2) is 18.1 Å². The van der Waals surface area contributed by atoms with Crippen molar-refractivity contribution in [3.63, 3.8) is 0 Å². The maximum atomic E-state index is 12.5. The zero-order valence-corrected chi connectivity index (χ0v) is 12.8. The van der Waals surface area contributed by atoms with Gasteiger partial charge < -0.3 is 4.74 Å². The van der Waals surface area contributed by atoms with Crippen LogP contribution in [0.4, 0.5) is 13.2 Å². The number of ether oxygens (including phenoxy) is 1. The summed E-state index contributed by atoms with van der Waals surface area (Å²) in [5, 5.41) is 0.353. The molecule has 1 aliphatic heterocycles. The molecule has 2 heterocycles. The Morgan fingerprint density at radius 2 is 2.29 bits per heavy atom. The molecular weight excluding hydrogens is 329 g/mol. The molecule has 0 unspecified atom stereocenters. The monoisotopic (exact) mass is 344 g/mol. The second-order valence-electron chi connectivity index (χ2n) is 4.68. The number of rotatable bonds is 5. The minimum atomic E-state index is -4.52. The molecule has 120 valence electrons. The number of alkyl halides is 3. The molecule has 0 bridgehead atoms. The van der Waals surface area contributed by atoms with E-state index in [0.29, 0.717) is 19.4 Å². The van der Waals surface area contributed by atoms with E-state index in [1.807, 2.05) is 0 Å². The fraction of sp³-hybridized carbons (Fsp3) is 0.727. The van der Waals surface area contributed by atoms with Crippen molar-refractivity contribution in [2.75, 3.05) is 13.2 Å². The van der Waals surface area contributed by atoms with Crippen LogP contribution in [0, 0.1) is 0 Å². The lowest BCUT2D eigenvalue weighted by Gasteiger charge is -2.17. The molecule has 21 heavy (non-hydrogen) atoms. The van der Waals surface area contributed by atoms with Gasteiger partial charge in [0.2, 0.25) is 10.0 Å². The SMILES string of the molecule is CC[C@H](NS(=O)(=O)[C@@H]1CCOC1)c1nc(C(F)(F)F)cs1. The number of aromatic nitrogens is 1. The average molecular weight is 344 g/mol. The number of sulfonamides is 1. The summed E-state index contributed by atoms with van der Waals surface area (Å²) in [5.41, 5.74) is -0.996. The van der Waals surface area contributed by atoms with Gasteiger partial charge in [-0.2, -0.15) is 13.2 Å². The van der Waals surface area contributed by atoms with Crippen LogP contribution in [-0.2, 0) is 20.9 Å². The molecule has 5 nitrogen and oxygen atoms in total. The van der Waals surface area contributed by atoms with Crippen molar-refractivity contribution in [2.45, 2.75) is 37.2 Å². The topological polar surface area (TPSA) is 68.3 Å². The fourth-order valence-electron chi connectivity index (χ4n) is 1.94. The average Bonchev–Trinajstić information content (AvgIpc) is 3.05. The molecule has 0 amide bonds. The van der Waals surface area contributed by atoms with Crippen molar-refractivity contribution in [1.29, 1.82) is 0 Å². The van der Waals surface area contributed by atoms with E-state index in [1.54, 1.807) is 6.92 Å². The van der Waals surface area contributed by atoms with Crippen molar-refractivity contribution in [2.24, 2.45) is 0 Å². The van der Waals surface area contributed by atoms with E-state index in [0.717, 1.165) is 16.7 Å². The summed E-state index contributed by atoms with van der Waals surface area (Å²) in [6.45, 7) is 2.17. The Hall–Kier alpha value is -0.710. The van der Waals surface area contributed by atoms with Crippen LogP contribution in [0.5, 0.6) is 0 Å². The molecule has 0 saturated carbocycles. The summed E-state index contributed by atoms with van der Waals surface area (Å²) < 4.78 is 69.4. The molecule has 0 radical (unpaired) electrons. The first-order chi connectivity index (χ1) is 9.74. The molecule has 2 rings (SSSR count). The number of hydrogen-bond donors (Lipinski definition) is 1. The summed E-state index contributed by atoms with van der Waals surface area (Å²) in [7, 11) is -3.64. The van der Waals surface area contributed by atoms with Gasteiger partial charge in [-0.05, 0) is 12.8 Å². The first-order valence-corrected chi connectivity index (χ1v) is 8.78. The lowest BCUT2D eigenvalue weighted by Crippen LogP contribution is -2.37. The molecule has 1 saturated heterocycles. The summed E-state index contributed by atoms with van der Waals surface area (Å²) in [6.07, 6.45) is -3.82. The van der Waals surface area contributed by atoms with Gasteiger partial charge in [-0.1, -0.05) is 6.92 Å². The van der Waals surface area contributed by atoms with Crippen LogP contribution < -0.4 is 4.72 Å². The standard InChI is InChI=1S/C11H15F3N2O3S2/c1-2-8(10-15-9(6-20-10)11(12,13)14)16-21(17,18)7-3-4-19-5-7/h6-8,16H,2-5H2,1H3/t7-,8+/m1/s1. The number of halogens is 3. The molecule has 10 heteroatoms. The minimum Gasteiger partial charge on any atom is -0.380 e. The molecule has 0 aromatic carbocycles. The summed E-state index contributed by atoms with van der Waals surface area (Å²) >= 11 is 0.803. The van der Waals surface area contributed by atoms with Gasteiger partial charge in [0, 0.05) is 12.0 Å². The maximum absolute atomic E-state index is 12.5. The molecule has 1 aromatic heterocycles. The van der Waals surface area contributed by atoms with Crippen LogP contribution in [0.1, 0.15) is 36.5 Å². The fourth-order valence-corrected chi connectivity index (χ4v) is 4.52. The molecular formula is C11H15F3N2O3S2. The highest BCUT2D eigenvalue weighted by Gasteiger charge is 2.36. The molecule has 0 aliphatic carbocycles. The Balaban J connectivity index is 2.14. The van der Waals surface area contributed by atoms with E-state index >= 15 is 0 Å². The predicted molar refractivity (Wildman–Crippen MR) is 71.4 cm³/mol. The van der Waals surface area contributed by atoms with Gasteiger partial charge in [0.15, 0.2) is 5.69 Å². The second kappa shape index (κ2) is 6.19. The third-order valence-corrected chi connectivity index (χ3v) is 5.97. The number of nitrogens with one attached hydrogen (secondary N) is 1. The molecule has 1 aliphatic rings. The maximum Gasteiger partial charge on any atom is 0.434 e. The van der Waals surface area contributed by atoms with E-state index in [2.05, 4.69) is 9.71 Å². The number of nitrogens with zero attached hydrogens (tertiary/aromatic N) is 1. The first kappa shape index (κ1) is 16.7. The second-order valence-corrected chi connectivity index (χ2v) is 7.56. The Bertz CT molecular complexity index is 580. The Morgan fingerprint density at radius 1 is 1.57 bits per heavy atom. The van der Waals surface area contributed by atoms with Gasteiger partial charge in [-0.3, -0.25) is 0 Å². The van der Waals surface area contributed by atoms with Gasteiger partial charge >= 0.3 is 6.18 Å². The van der Waals surface area contributed by atoms with Crippen molar-refractivity contribution in [3.05, 3.63) is 16.1 Å². The van der Waals surface area contributed by atoms with E-state index < -0.39 is 33.2 Å². The highest BCUT2D eigenvalue weighted by Crippen LogP contribution is 2.32. The molecule has 2 atom stereocenters. The third kappa shape index (κ3) is 3.93. The zero-order chi connectivity index (χ0) is 15.7. The van der Waals surface area contributed by atoms with Crippen molar-refractivity contribution >= 4 is 21.4 Å². The van der Waals surface area contributed by atoms with Crippen molar-refractivity contribution in [1.82, 2.24) is 9.71 Å². The third-order valence-electron chi connectivity index (χ3n) is 3.15. The smallest absolute Gasteiger partial charge is 0.380 e. The van der Waals surface area contributed by atoms with Gasteiger partial charge in [0.25, 0.3) is 0 Å². The van der Waals surface area contributed by atoms with Crippen LogP contribution in [0.15, 0.2) is 5.38 Å². The van der Waals surface area contributed by atoms with Crippen LogP contribution in [-0.4, -0.2) is 31.9 Å². The lowest BCUT2D eigenvalue weighted by atomic mass is 10.2. The Kier molecular flexibility index (Phi) is 4.91. The van der Waals surface area contributed by atoms with E-state index in [-0.39, 0.29) is 11.6 Å². The molecule has 1 fully saturated rings. The summed E-state index contributed by atoms with van der Waals surface area (Å²) in [4.78, 5) is 3.50. The van der Waals surface area contributed by atoms with Crippen LogP contribution >= 0.6 is 11.3 Å². The van der Waals surface area contributed by atoms with E-state index in [1.165, 1.54) is 0 Å². The largest absolute Gasteiger partial charge is 0.434 e. The lowest BCUT2D eigenvalue weighted by molar-refractivity contribution is -0.140. The normalized spacial score (nSPS) is 21.6. The first-order valence-electron chi connectivity index (χ1n) is 6.35. The van der Waals surface area contributed by atoms with Gasteiger partial charge in [0.1, 0.15) is 10.3 Å². The van der Waals surface area contributed by atoms with Crippen LogP contribution in [0.3, 0.4) is 0 Å². The Morgan fingerprint density at radius 3 is 2.76 bits per heavy atom. The quantitative estimate of drug-likeness (QED) is 0.890. The Labute approximate surface area is 124 Å². The van der Waals surface area contributed by atoms with Gasteiger partial charge in [0.05, 0.1) is 12.6 Å². The highest BCUT2D eigenvalue weighted by atomic mass is 32.2. The zero-order valence-electron chi connectivity index (χ0n) is 11.2. The minimum absolute atomic E-state index is 0.109. The molecule has 0 spiro atoms. The van der Waals surface area contributed by atoms with Crippen molar-refractivity contribution < 1.29 is 26.3 Å². The predicted octanol–water partition coefficient (Wildman–Crippen LogP) is 2.32. The highest BCUT2D eigenvalue weighted by molar-refractivity contribution is 7.90. The number of hydrogen-bond acceptors (Lipinski definition) is 5. The van der Waals surface area contributed by atoms with Crippen LogP contribution in [0.2, 0.25) is 0 Å². The van der Waals surface area contributed by atoms with Gasteiger partial charge in [-0.15, -0.1) is 11.3 Å². The van der Waals surface area contributed by atoms with Crippen LogP contribution in [0.25, 0.3) is 0 Å². The molecule has 1 aromatic rings.